The van der Waals surface area contributed by atoms with Crippen molar-refractivity contribution in [3.8, 4) is 11.5 Å². The number of nitrogens with zero attached hydrogens (tertiary/aromatic N) is 3. The predicted octanol–water partition coefficient (Wildman–Crippen LogP) is 2.00. The minimum atomic E-state index is 0.701. The van der Waals surface area contributed by atoms with Gasteiger partial charge in [0.2, 0.25) is 0 Å². The van der Waals surface area contributed by atoms with E-state index in [1.165, 1.54) is 24.0 Å². The minimum Gasteiger partial charge on any atom is -0.493 e. The lowest BCUT2D eigenvalue weighted by atomic mass is 9.96. The molecule has 1 N–H and O–H groups in total. The summed E-state index contributed by atoms with van der Waals surface area (Å²) in [6.07, 6.45) is 3.44. The number of hydrogen-bond acceptors (Lipinski definition) is 5. The Balaban J connectivity index is 1.53. The molecule has 0 bridgehead atoms. The Kier molecular flexibility index (Phi) is 8.00. The van der Waals surface area contributed by atoms with Gasteiger partial charge < -0.3 is 29.3 Å². The second-order valence-corrected chi connectivity index (χ2v) is 7.85. The molecular weight excluding hydrogens is 368 g/mol. The van der Waals surface area contributed by atoms with Crippen molar-refractivity contribution in [1.29, 1.82) is 0 Å². The average Bonchev–Trinajstić information content (AvgIpc) is 2.77. The number of nitrogens with one attached hydrogen (secondary N) is 1. The molecule has 3 rings (SSSR count). The molecule has 7 heteroatoms. The summed E-state index contributed by atoms with van der Waals surface area (Å²) in [4.78, 5) is 9.38. The van der Waals surface area contributed by atoms with E-state index in [0.717, 1.165) is 69.8 Å². The third-order valence-electron chi connectivity index (χ3n) is 6.10. The molecule has 0 spiro atoms. The Morgan fingerprint density at radius 3 is 2.38 bits per heavy atom. The van der Waals surface area contributed by atoms with E-state index in [0.29, 0.717) is 5.92 Å². The highest BCUT2D eigenvalue weighted by molar-refractivity contribution is 5.80. The molecular formula is C22H36N4O3. The predicted molar refractivity (Wildman–Crippen MR) is 116 cm³/mol. The van der Waals surface area contributed by atoms with Crippen LogP contribution in [0.3, 0.4) is 0 Å². The molecule has 1 fully saturated rings. The third kappa shape index (κ3) is 5.54. The molecule has 0 unspecified atom stereocenters. The van der Waals surface area contributed by atoms with Crippen molar-refractivity contribution in [1.82, 2.24) is 15.1 Å². The van der Waals surface area contributed by atoms with Gasteiger partial charge in [-0.05, 0) is 61.5 Å². The van der Waals surface area contributed by atoms with E-state index in [4.69, 9.17) is 14.2 Å². The Hall–Kier alpha value is -1.99. The molecule has 2 aliphatic heterocycles. The van der Waals surface area contributed by atoms with Crippen molar-refractivity contribution in [3.05, 3.63) is 23.3 Å². The van der Waals surface area contributed by atoms with Crippen LogP contribution in [-0.4, -0.2) is 83.5 Å². The van der Waals surface area contributed by atoms with Gasteiger partial charge in [0, 0.05) is 40.3 Å². The largest absolute Gasteiger partial charge is 0.493 e. The molecule has 29 heavy (non-hydrogen) atoms. The van der Waals surface area contributed by atoms with Crippen LogP contribution in [0.25, 0.3) is 0 Å². The quantitative estimate of drug-likeness (QED) is 0.554. The van der Waals surface area contributed by atoms with Gasteiger partial charge in [0.25, 0.3) is 0 Å². The van der Waals surface area contributed by atoms with Gasteiger partial charge in [-0.2, -0.15) is 0 Å². The van der Waals surface area contributed by atoms with Gasteiger partial charge in [-0.3, -0.25) is 4.99 Å². The molecule has 1 saturated heterocycles. The fourth-order valence-electron chi connectivity index (χ4n) is 4.27. The molecule has 0 atom stereocenters. The van der Waals surface area contributed by atoms with Crippen LogP contribution in [0.15, 0.2) is 17.1 Å². The van der Waals surface area contributed by atoms with E-state index in [1.54, 1.807) is 21.3 Å². The van der Waals surface area contributed by atoms with Crippen LogP contribution in [0.1, 0.15) is 24.0 Å². The Labute approximate surface area is 175 Å². The maximum atomic E-state index is 5.48. The molecule has 7 nitrogen and oxygen atoms in total. The minimum absolute atomic E-state index is 0.701. The maximum Gasteiger partial charge on any atom is 0.193 e. The van der Waals surface area contributed by atoms with Crippen LogP contribution in [0.4, 0.5) is 0 Å². The number of guanidine groups is 1. The molecule has 0 aromatic heterocycles. The molecule has 0 radical (unpaired) electrons. The van der Waals surface area contributed by atoms with Crippen LogP contribution in [0.5, 0.6) is 11.5 Å². The zero-order valence-corrected chi connectivity index (χ0v) is 18.4. The van der Waals surface area contributed by atoms with Crippen LogP contribution < -0.4 is 14.8 Å². The molecule has 0 saturated carbocycles. The summed E-state index contributed by atoms with van der Waals surface area (Å²) in [5.74, 6) is 3.29. The van der Waals surface area contributed by atoms with Crippen molar-refractivity contribution >= 4 is 5.96 Å². The van der Waals surface area contributed by atoms with E-state index in [9.17, 15) is 0 Å². The van der Waals surface area contributed by atoms with Gasteiger partial charge >= 0.3 is 0 Å². The third-order valence-corrected chi connectivity index (χ3v) is 6.10. The zero-order valence-electron chi connectivity index (χ0n) is 18.4. The summed E-state index contributed by atoms with van der Waals surface area (Å²) in [5, 5.41) is 3.63. The normalized spacial score (nSPS) is 18.5. The highest BCUT2D eigenvalue weighted by Crippen LogP contribution is 2.33. The summed E-state index contributed by atoms with van der Waals surface area (Å²) in [5.41, 5.74) is 2.61. The first kappa shape index (κ1) is 21.7. The summed E-state index contributed by atoms with van der Waals surface area (Å²) in [6, 6.07) is 4.21. The van der Waals surface area contributed by atoms with Crippen molar-refractivity contribution in [3.63, 3.8) is 0 Å². The van der Waals surface area contributed by atoms with Gasteiger partial charge in [0.15, 0.2) is 17.5 Å². The van der Waals surface area contributed by atoms with Crippen molar-refractivity contribution in [2.45, 2.75) is 25.8 Å². The first-order valence-corrected chi connectivity index (χ1v) is 10.6. The number of methoxy groups -OCH3 is 3. The highest BCUT2D eigenvalue weighted by Gasteiger charge is 2.23. The first-order chi connectivity index (χ1) is 14.2. The summed E-state index contributed by atoms with van der Waals surface area (Å²) < 4.78 is 16.1. The first-order valence-electron chi connectivity index (χ1n) is 10.6. The molecule has 2 heterocycles. The average molecular weight is 405 g/mol. The fourth-order valence-corrected chi connectivity index (χ4v) is 4.27. The maximum absolute atomic E-state index is 5.48. The van der Waals surface area contributed by atoms with Gasteiger partial charge in [0.1, 0.15) is 0 Å². The van der Waals surface area contributed by atoms with Gasteiger partial charge in [-0.1, -0.05) is 0 Å². The van der Waals surface area contributed by atoms with E-state index < -0.39 is 0 Å². The second kappa shape index (κ2) is 10.7. The summed E-state index contributed by atoms with van der Waals surface area (Å²) in [7, 11) is 7.02. The van der Waals surface area contributed by atoms with Crippen molar-refractivity contribution in [2.24, 2.45) is 10.9 Å². The van der Waals surface area contributed by atoms with Gasteiger partial charge in [-0.15, -0.1) is 0 Å². The van der Waals surface area contributed by atoms with E-state index in [-0.39, 0.29) is 0 Å². The lowest BCUT2D eigenvalue weighted by Gasteiger charge is -2.35. The van der Waals surface area contributed by atoms with Crippen LogP contribution >= 0.6 is 0 Å². The van der Waals surface area contributed by atoms with E-state index in [2.05, 4.69) is 32.2 Å². The fraction of sp³-hybridized carbons (Fsp3) is 0.682. The second-order valence-electron chi connectivity index (χ2n) is 7.85. The van der Waals surface area contributed by atoms with Gasteiger partial charge in [0.05, 0.1) is 20.8 Å². The van der Waals surface area contributed by atoms with E-state index in [1.807, 2.05) is 7.05 Å². The molecule has 1 aromatic rings. The molecule has 1 aromatic carbocycles. The number of rotatable bonds is 7. The van der Waals surface area contributed by atoms with Crippen LogP contribution in [0, 0.1) is 5.92 Å². The van der Waals surface area contributed by atoms with Crippen LogP contribution in [0.2, 0.25) is 0 Å². The lowest BCUT2D eigenvalue weighted by molar-refractivity contribution is 0.120. The Bertz CT molecular complexity index is 687. The zero-order chi connectivity index (χ0) is 20.6. The summed E-state index contributed by atoms with van der Waals surface area (Å²) >= 11 is 0. The number of ether oxygens (including phenoxy) is 3. The van der Waals surface area contributed by atoms with Crippen molar-refractivity contribution in [2.75, 3.05) is 67.7 Å². The Morgan fingerprint density at radius 1 is 1.07 bits per heavy atom. The standard InChI is InChI=1S/C22H36N4O3/c1-23-22(24-15-17-5-8-25(9-6-17)11-12-27-2)26-10-7-18-13-20(28-3)21(29-4)14-19(18)16-26/h13-14,17H,5-12,15-16H2,1-4H3,(H,23,24). The number of likely N-dealkylation sites (tertiary alicyclic amines) is 1. The molecule has 0 aliphatic carbocycles. The number of piperidine rings is 1. The topological polar surface area (TPSA) is 58.6 Å². The number of fused-ring (bicyclic) bond motifs is 1. The van der Waals surface area contributed by atoms with Crippen LogP contribution in [-0.2, 0) is 17.7 Å². The lowest BCUT2D eigenvalue weighted by Crippen LogP contribution is -2.46. The molecule has 2 aliphatic rings. The smallest absolute Gasteiger partial charge is 0.193 e. The number of hydrogen-bond donors (Lipinski definition) is 1. The molecule has 0 amide bonds. The SMILES string of the molecule is CN=C(NCC1CCN(CCOC)CC1)N1CCc2cc(OC)c(OC)cc2C1. The number of benzene rings is 1. The van der Waals surface area contributed by atoms with Crippen molar-refractivity contribution < 1.29 is 14.2 Å². The molecule has 162 valence electrons. The monoisotopic (exact) mass is 404 g/mol. The summed E-state index contributed by atoms with van der Waals surface area (Å²) in [6.45, 7) is 6.96. The van der Waals surface area contributed by atoms with E-state index >= 15 is 0 Å². The highest BCUT2D eigenvalue weighted by atomic mass is 16.5. The Morgan fingerprint density at radius 2 is 1.76 bits per heavy atom. The van der Waals surface area contributed by atoms with Gasteiger partial charge in [-0.25, -0.2) is 0 Å². The number of aliphatic imine (C=N–C) groups is 1.